The van der Waals surface area contributed by atoms with Crippen LogP contribution in [0.2, 0.25) is 0 Å². The van der Waals surface area contributed by atoms with Gasteiger partial charge in [-0.15, -0.1) is 0 Å². The lowest BCUT2D eigenvalue weighted by Gasteiger charge is -2.10. The van der Waals surface area contributed by atoms with Crippen molar-refractivity contribution in [2.45, 2.75) is 25.9 Å². The monoisotopic (exact) mass is 282 g/mol. The summed E-state index contributed by atoms with van der Waals surface area (Å²) in [6.07, 6.45) is -0.0576. The Morgan fingerprint density at radius 1 is 1.19 bits per heavy atom. The van der Waals surface area contributed by atoms with E-state index < -0.39 is 12.0 Å². The molecule has 0 saturated carbocycles. The molecule has 4 nitrogen and oxygen atoms in total. The molecule has 0 aliphatic heterocycles. The predicted molar refractivity (Wildman–Crippen MR) is 84.3 cm³/mol. The van der Waals surface area contributed by atoms with Crippen molar-refractivity contribution in [3.63, 3.8) is 0 Å². The molecule has 1 aromatic heterocycles. The number of carboxylic acids is 1. The predicted octanol–water partition coefficient (Wildman–Crippen LogP) is 3.29. The zero-order valence-electron chi connectivity index (χ0n) is 11.9. The third-order valence-corrected chi connectivity index (χ3v) is 3.94. The van der Waals surface area contributed by atoms with E-state index in [2.05, 4.69) is 23.6 Å². The minimum Gasteiger partial charge on any atom is -0.481 e. The van der Waals surface area contributed by atoms with Gasteiger partial charge in [-0.05, 0) is 30.7 Å². The van der Waals surface area contributed by atoms with Crippen LogP contribution in [-0.2, 0) is 11.3 Å². The summed E-state index contributed by atoms with van der Waals surface area (Å²) in [5, 5.41) is 11.2. The summed E-state index contributed by atoms with van der Waals surface area (Å²) in [5.74, 6) is -0.876. The van der Waals surface area contributed by atoms with E-state index in [9.17, 15) is 4.79 Å². The van der Waals surface area contributed by atoms with Crippen molar-refractivity contribution < 1.29 is 9.90 Å². The van der Waals surface area contributed by atoms with Gasteiger partial charge in [0.15, 0.2) is 0 Å². The molecule has 0 fully saturated rings. The normalized spacial score (nSPS) is 12.9. The number of aromatic nitrogens is 1. The third-order valence-electron chi connectivity index (χ3n) is 3.94. The van der Waals surface area contributed by atoms with Crippen LogP contribution in [0.3, 0.4) is 0 Å². The van der Waals surface area contributed by atoms with Crippen LogP contribution < -0.4 is 5.73 Å². The van der Waals surface area contributed by atoms with Gasteiger partial charge >= 0.3 is 5.97 Å². The number of aryl methyl sites for hydroxylation is 1. The Hall–Kier alpha value is -2.33. The van der Waals surface area contributed by atoms with Gasteiger partial charge in [-0.1, -0.05) is 24.3 Å². The summed E-state index contributed by atoms with van der Waals surface area (Å²) in [5.41, 5.74) is 9.20. The molecule has 1 atom stereocenters. The van der Waals surface area contributed by atoms with Crippen LogP contribution >= 0.6 is 0 Å². The highest BCUT2D eigenvalue weighted by atomic mass is 16.4. The second-order valence-electron chi connectivity index (χ2n) is 5.24. The second kappa shape index (κ2) is 5.22. The number of hydrogen-bond donors (Lipinski definition) is 2. The number of rotatable bonds is 4. The Morgan fingerprint density at radius 2 is 1.90 bits per heavy atom. The number of nitrogens with zero attached hydrogens (tertiary/aromatic N) is 1. The molecule has 4 heteroatoms. The molecule has 0 aliphatic rings. The summed E-state index contributed by atoms with van der Waals surface area (Å²) in [6, 6.07) is 13.8. The molecule has 108 valence electrons. The van der Waals surface area contributed by atoms with Crippen LogP contribution in [0.1, 0.15) is 24.9 Å². The van der Waals surface area contributed by atoms with E-state index >= 15 is 0 Å². The van der Waals surface area contributed by atoms with Gasteiger partial charge in [-0.3, -0.25) is 4.79 Å². The first-order valence-corrected chi connectivity index (χ1v) is 7.10. The molecular weight excluding hydrogens is 264 g/mol. The van der Waals surface area contributed by atoms with Crippen LogP contribution in [0.5, 0.6) is 0 Å². The Kier molecular flexibility index (Phi) is 3.39. The van der Waals surface area contributed by atoms with Crippen LogP contribution in [0, 0.1) is 0 Å². The van der Waals surface area contributed by atoms with Crippen molar-refractivity contribution in [1.82, 2.24) is 4.57 Å². The molecule has 1 heterocycles. The number of hydrogen-bond acceptors (Lipinski definition) is 2. The molecular formula is C17H18N2O2. The van der Waals surface area contributed by atoms with E-state index in [1.807, 2.05) is 30.3 Å². The Morgan fingerprint density at radius 3 is 2.62 bits per heavy atom. The van der Waals surface area contributed by atoms with Crippen LogP contribution in [0.25, 0.3) is 21.8 Å². The summed E-state index contributed by atoms with van der Waals surface area (Å²) >= 11 is 0. The highest BCUT2D eigenvalue weighted by Crippen LogP contribution is 2.31. The van der Waals surface area contributed by atoms with E-state index in [1.54, 1.807) is 0 Å². The highest BCUT2D eigenvalue weighted by Gasteiger charge is 2.14. The van der Waals surface area contributed by atoms with Gasteiger partial charge in [0, 0.05) is 34.4 Å². The van der Waals surface area contributed by atoms with Gasteiger partial charge in [0.25, 0.3) is 0 Å². The maximum absolute atomic E-state index is 10.8. The lowest BCUT2D eigenvalue weighted by molar-refractivity contribution is -0.137. The summed E-state index contributed by atoms with van der Waals surface area (Å²) in [4.78, 5) is 10.8. The van der Waals surface area contributed by atoms with E-state index in [-0.39, 0.29) is 6.42 Å². The molecule has 21 heavy (non-hydrogen) atoms. The first-order chi connectivity index (χ1) is 10.1. The molecule has 0 bridgehead atoms. The zero-order valence-corrected chi connectivity index (χ0v) is 11.9. The Balaban J connectivity index is 2.21. The lowest BCUT2D eigenvalue weighted by Crippen LogP contribution is -2.14. The molecule has 0 aliphatic carbocycles. The largest absolute Gasteiger partial charge is 0.481 e. The fourth-order valence-electron chi connectivity index (χ4n) is 2.95. The minimum atomic E-state index is -0.876. The lowest BCUT2D eigenvalue weighted by atomic mass is 10.0. The smallest absolute Gasteiger partial charge is 0.305 e. The molecule has 0 spiro atoms. The van der Waals surface area contributed by atoms with E-state index in [0.29, 0.717) is 0 Å². The summed E-state index contributed by atoms with van der Waals surface area (Å²) < 4.78 is 2.26. The molecule has 0 radical (unpaired) electrons. The first kappa shape index (κ1) is 13.6. The van der Waals surface area contributed by atoms with Gasteiger partial charge in [0.1, 0.15) is 0 Å². The molecule has 3 aromatic rings. The number of benzene rings is 2. The average molecular weight is 282 g/mol. The van der Waals surface area contributed by atoms with Crippen LogP contribution in [0.15, 0.2) is 42.5 Å². The third kappa shape index (κ3) is 2.28. The van der Waals surface area contributed by atoms with Gasteiger partial charge in [0.05, 0.1) is 6.42 Å². The fourth-order valence-corrected chi connectivity index (χ4v) is 2.95. The van der Waals surface area contributed by atoms with E-state index in [0.717, 1.165) is 23.0 Å². The topological polar surface area (TPSA) is 68.2 Å². The molecule has 3 rings (SSSR count). The summed E-state index contributed by atoms with van der Waals surface area (Å²) in [7, 11) is 0. The average Bonchev–Trinajstić information content (AvgIpc) is 2.79. The van der Waals surface area contributed by atoms with Gasteiger partial charge in [-0.2, -0.15) is 0 Å². The standard InChI is InChI=1S/C17H18N2O2/c1-2-19-15-6-4-3-5-12(15)13-9-11(7-8-16(13)19)14(18)10-17(20)21/h3-9,14H,2,10,18H2,1H3,(H,20,21). The van der Waals surface area contributed by atoms with E-state index in [4.69, 9.17) is 10.8 Å². The SMILES string of the molecule is CCn1c2ccccc2c2cc(C(N)CC(=O)O)ccc21. The van der Waals surface area contributed by atoms with Crippen molar-refractivity contribution in [3.8, 4) is 0 Å². The van der Waals surface area contributed by atoms with Crippen LogP contribution in [0.4, 0.5) is 0 Å². The fraction of sp³-hybridized carbons (Fsp3) is 0.235. The highest BCUT2D eigenvalue weighted by molar-refractivity contribution is 6.08. The number of carboxylic acid groups (broad SMARTS) is 1. The maximum Gasteiger partial charge on any atom is 0.305 e. The van der Waals surface area contributed by atoms with Crippen molar-refractivity contribution >= 4 is 27.8 Å². The number of aliphatic carboxylic acids is 1. The number of nitrogens with two attached hydrogens (primary N) is 1. The van der Waals surface area contributed by atoms with Crippen molar-refractivity contribution in [3.05, 3.63) is 48.0 Å². The first-order valence-electron chi connectivity index (χ1n) is 7.10. The molecule has 1 unspecified atom stereocenters. The van der Waals surface area contributed by atoms with Crippen LogP contribution in [-0.4, -0.2) is 15.6 Å². The number of fused-ring (bicyclic) bond motifs is 3. The van der Waals surface area contributed by atoms with Crippen molar-refractivity contribution in [2.75, 3.05) is 0 Å². The maximum atomic E-state index is 10.8. The van der Waals surface area contributed by atoms with Gasteiger partial charge in [-0.25, -0.2) is 0 Å². The Labute approximate surface area is 122 Å². The van der Waals surface area contributed by atoms with Gasteiger partial charge in [0.2, 0.25) is 0 Å². The second-order valence-corrected chi connectivity index (χ2v) is 5.24. The zero-order chi connectivity index (χ0) is 15.0. The summed E-state index contributed by atoms with van der Waals surface area (Å²) in [6.45, 7) is 3.01. The number of para-hydroxylation sites is 1. The van der Waals surface area contributed by atoms with Gasteiger partial charge < -0.3 is 15.4 Å². The molecule has 3 N–H and O–H groups in total. The quantitative estimate of drug-likeness (QED) is 0.771. The number of carbonyl (C=O) groups is 1. The Bertz CT molecular complexity index is 820. The minimum absolute atomic E-state index is 0.0576. The van der Waals surface area contributed by atoms with E-state index in [1.165, 1.54) is 10.9 Å². The van der Waals surface area contributed by atoms with Crippen molar-refractivity contribution in [1.29, 1.82) is 0 Å². The molecule has 0 saturated heterocycles. The molecule has 0 amide bonds. The molecule has 2 aromatic carbocycles. The van der Waals surface area contributed by atoms with Crippen molar-refractivity contribution in [2.24, 2.45) is 5.73 Å².